The van der Waals surface area contributed by atoms with E-state index in [1.54, 1.807) is 7.11 Å². The van der Waals surface area contributed by atoms with Gasteiger partial charge in [-0.3, -0.25) is 9.69 Å². The van der Waals surface area contributed by atoms with Crippen LogP contribution in [0.15, 0.2) is 52.9 Å². The number of alkyl halides is 2. The number of hydrogen-bond acceptors (Lipinski definition) is 4. The Hall–Kier alpha value is -2.93. The third kappa shape index (κ3) is 3.57. The number of carbonyl (C=O) groups is 1. The fraction of sp³-hybridized carbons (Fsp3) is 0.286. The summed E-state index contributed by atoms with van der Waals surface area (Å²) >= 11 is 0. The van der Waals surface area contributed by atoms with Crippen LogP contribution >= 0.6 is 0 Å². The molecule has 1 aromatic heterocycles. The van der Waals surface area contributed by atoms with Gasteiger partial charge in [0.1, 0.15) is 17.1 Å². The Morgan fingerprint density at radius 2 is 2.00 bits per heavy atom. The molecule has 0 radical (unpaired) electrons. The Labute approximate surface area is 160 Å². The van der Waals surface area contributed by atoms with Gasteiger partial charge in [0.25, 0.3) is 5.92 Å². The van der Waals surface area contributed by atoms with E-state index in [2.05, 4.69) is 0 Å². The van der Waals surface area contributed by atoms with Gasteiger partial charge >= 0.3 is 0 Å². The van der Waals surface area contributed by atoms with E-state index in [4.69, 9.17) is 14.9 Å². The molecule has 146 valence electrons. The molecule has 1 fully saturated rings. The quantitative estimate of drug-likeness (QED) is 0.724. The zero-order valence-electron chi connectivity index (χ0n) is 15.3. The van der Waals surface area contributed by atoms with E-state index in [0.717, 1.165) is 22.3 Å². The van der Waals surface area contributed by atoms with Crippen LogP contribution in [0.25, 0.3) is 22.3 Å². The van der Waals surface area contributed by atoms with Crippen molar-refractivity contribution in [2.24, 2.45) is 5.73 Å². The first kappa shape index (κ1) is 18.4. The van der Waals surface area contributed by atoms with Crippen LogP contribution in [-0.4, -0.2) is 36.4 Å². The zero-order valence-corrected chi connectivity index (χ0v) is 15.3. The predicted octanol–water partition coefficient (Wildman–Crippen LogP) is 3.80. The van der Waals surface area contributed by atoms with Crippen LogP contribution in [0.2, 0.25) is 0 Å². The number of rotatable bonds is 5. The fourth-order valence-corrected chi connectivity index (χ4v) is 3.65. The second-order valence-electron chi connectivity index (χ2n) is 7.09. The van der Waals surface area contributed by atoms with Crippen LogP contribution in [0, 0.1) is 0 Å². The Balaban J connectivity index is 1.58. The smallest absolute Gasteiger partial charge is 0.262 e. The van der Waals surface area contributed by atoms with Gasteiger partial charge in [0, 0.05) is 23.9 Å². The van der Waals surface area contributed by atoms with Crippen molar-refractivity contribution >= 4 is 16.9 Å². The van der Waals surface area contributed by atoms with Crippen molar-refractivity contribution < 1.29 is 22.7 Å². The minimum atomic E-state index is -2.90. The minimum absolute atomic E-state index is 0.224. The van der Waals surface area contributed by atoms with E-state index >= 15 is 0 Å². The Bertz CT molecular complexity index is 1010. The van der Waals surface area contributed by atoms with Crippen molar-refractivity contribution in [1.29, 1.82) is 0 Å². The third-order valence-electron chi connectivity index (χ3n) is 5.04. The van der Waals surface area contributed by atoms with Crippen LogP contribution < -0.4 is 10.5 Å². The van der Waals surface area contributed by atoms with Gasteiger partial charge in [-0.2, -0.15) is 0 Å². The van der Waals surface area contributed by atoms with Crippen molar-refractivity contribution in [2.45, 2.75) is 24.9 Å². The highest BCUT2D eigenvalue weighted by molar-refractivity contribution is 5.83. The van der Waals surface area contributed by atoms with Gasteiger partial charge in [-0.25, -0.2) is 8.78 Å². The average Bonchev–Trinajstić information content (AvgIpc) is 3.21. The topological polar surface area (TPSA) is 68.7 Å². The lowest BCUT2D eigenvalue weighted by molar-refractivity contribution is -0.122. The maximum atomic E-state index is 13.7. The molecule has 3 aromatic rings. The van der Waals surface area contributed by atoms with E-state index in [1.165, 1.54) is 4.90 Å². The van der Waals surface area contributed by atoms with E-state index in [9.17, 15) is 13.6 Å². The molecule has 0 bridgehead atoms. The number of ether oxygens (including phenoxy) is 1. The highest BCUT2D eigenvalue weighted by Crippen LogP contribution is 2.34. The maximum Gasteiger partial charge on any atom is 0.262 e. The summed E-state index contributed by atoms with van der Waals surface area (Å²) in [6.45, 7) is -0.247. The van der Waals surface area contributed by atoms with Crippen LogP contribution in [0.5, 0.6) is 5.75 Å². The first-order chi connectivity index (χ1) is 13.3. The van der Waals surface area contributed by atoms with Gasteiger partial charge in [-0.15, -0.1) is 0 Å². The highest BCUT2D eigenvalue weighted by Gasteiger charge is 2.47. The lowest BCUT2D eigenvalue weighted by Crippen LogP contribution is -2.39. The van der Waals surface area contributed by atoms with Gasteiger partial charge < -0.3 is 14.9 Å². The maximum absolute atomic E-state index is 13.7. The normalized spacial score (nSPS) is 19.2. The Morgan fingerprint density at radius 3 is 2.68 bits per heavy atom. The monoisotopic (exact) mass is 386 g/mol. The molecule has 2 aromatic carbocycles. The Morgan fingerprint density at radius 1 is 1.25 bits per heavy atom. The van der Waals surface area contributed by atoms with Gasteiger partial charge in [0.15, 0.2) is 0 Å². The van der Waals surface area contributed by atoms with Gasteiger partial charge in [0.2, 0.25) is 5.91 Å². The van der Waals surface area contributed by atoms with Gasteiger partial charge in [-0.1, -0.05) is 6.07 Å². The van der Waals surface area contributed by atoms with Gasteiger partial charge in [0.05, 0.1) is 19.7 Å². The molecule has 28 heavy (non-hydrogen) atoms. The number of likely N-dealkylation sites (tertiary alicyclic amines) is 1. The molecule has 2 N–H and O–H groups in total. The third-order valence-corrected chi connectivity index (χ3v) is 5.04. The number of amides is 1. The molecule has 2 heterocycles. The molecule has 1 aliphatic heterocycles. The van der Waals surface area contributed by atoms with Crippen molar-refractivity contribution in [3.63, 3.8) is 0 Å². The summed E-state index contributed by atoms with van der Waals surface area (Å²) in [5.41, 5.74) is 7.73. The summed E-state index contributed by atoms with van der Waals surface area (Å²) in [5, 5.41) is 0.866. The Kier molecular flexibility index (Phi) is 4.55. The molecule has 1 aliphatic rings. The number of methoxy groups -OCH3 is 1. The minimum Gasteiger partial charge on any atom is -0.497 e. The molecule has 7 heteroatoms. The first-order valence-corrected chi connectivity index (χ1v) is 8.93. The molecular weight excluding hydrogens is 366 g/mol. The first-order valence-electron chi connectivity index (χ1n) is 8.93. The van der Waals surface area contributed by atoms with E-state index in [1.807, 2.05) is 48.5 Å². The number of carbonyl (C=O) groups excluding carboxylic acids is 1. The summed E-state index contributed by atoms with van der Waals surface area (Å²) in [7, 11) is 1.61. The zero-order chi connectivity index (χ0) is 19.9. The lowest BCUT2D eigenvalue weighted by atomic mass is 10.1. The number of fused-ring (bicyclic) bond motifs is 1. The number of hydrogen-bond donors (Lipinski definition) is 1. The molecule has 1 amide bonds. The summed E-state index contributed by atoms with van der Waals surface area (Å²) < 4.78 is 38.5. The van der Waals surface area contributed by atoms with Crippen LogP contribution in [0.1, 0.15) is 12.0 Å². The molecule has 0 saturated carbocycles. The van der Waals surface area contributed by atoms with Crippen LogP contribution in [0.3, 0.4) is 0 Å². The molecular formula is C21H20F2N2O3. The summed E-state index contributed by atoms with van der Waals surface area (Å²) in [6.07, 6.45) is -0.530. The molecule has 1 atom stereocenters. The standard InChI is InChI=1S/C21H20F2N2O3/c1-27-16-5-3-14(4-6-16)19-9-15-8-13(2-7-18(15)28-19)11-25-12-21(22,23)10-17(25)20(24)26/h2-9,17H,10-12H2,1H3,(H2,24,26). The molecule has 0 aliphatic carbocycles. The summed E-state index contributed by atoms with van der Waals surface area (Å²) in [6, 6.07) is 14.0. The van der Waals surface area contributed by atoms with Crippen molar-refractivity contribution in [3.8, 4) is 17.1 Å². The summed E-state index contributed by atoms with van der Waals surface area (Å²) in [5.74, 6) is -2.16. The highest BCUT2D eigenvalue weighted by atomic mass is 19.3. The summed E-state index contributed by atoms with van der Waals surface area (Å²) in [4.78, 5) is 13.0. The largest absolute Gasteiger partial charge is 0.497 e. The number of halogens is 2. The molecule has 0 spiro atoms. The average molecular weight is 386 g/mol. The molecule has 1 saturated heterocycles. The fourth-order valence-electron chi connectivity index (χ4n) is 3.65. The van der Waals surface area contributed by atoms with E-state index in [0.29, 0.717) is 11.3 Å². The number of benzene rings is 2. The van der Waals surface area contributed by atoms with Crippen molar-refractivity contribution in [1.82, 2.24) is 4.90 Å². The SMILES string of the molecule is COc1ccc(-c2cc3cc(CN4CC(F)(F)CC4C(N)=O)ccc3o2)cc1. The molecule has 1 unspecified atom stereocenters. The van der Waals surface area contributed by atoms with E-state index < -0.39 is 30.8 Å². The van der Waals surface area contributed by atoms with Crippen molar-refractivity contribution in [3.05, 3.63) is 54.1 Å². The second kappa shape index (κ2) is 6.91. The number of furan rings is 1. The van der Waals surface area contributed by atoms with Crippen LogP contribution in [-0.2, 0) is 11.3 Å². The molecule has 4 rings (SSSR count). The lowest BCUT2D eigenvalue weighted by Gasteiger charge is -2.21. The number of primary amides is 1. The van der Waals surface area contributed by atoms with Gasteiger partial charge in [-0.05, 0) is 48.0 Å². The number of nitrogens with two attached hydrogens (primary N) is 1. The van der Waals surface area contributed by atoms with Crippen molar-refractivity contribution in [2.75, 3.05) is 13.7 Å². The molecule has 5 nitrogen and oxygen atoms in total. The van der Waals surface area contributed by atoms with Crippen LogP contribution in [0.4, 0.5) is 8.78 Å². The second-order valence-corrected chi connectivity index (χ2v) is 7.09. The predicted molar refractivity (Wildman–Crippen MR) is 101 cm³/mol. The van der Waals surface area contributed by atoms with E-state index in [-0.39, 0.29) is 6.54 Å². The number of nitrogens with zero attached hydrogens (tertiary/aromatic N) is 1.